The van der Waals surface area contributed by atoms with E-state index in [1.54, 1.807) is 18.2 Å². The highest BCUT2D eigenvalue weighted by Gasteiger charge is 2.20. The van der Waals surface area contributed by atoms with Gasteiger partial charge in [-0.15, -0.1) is 0 Å². The first-order valence-electron chi connectivity index (χ1n) is 8.49. The number of carbonyl (C=O) groups excluding carboxylic acids is 1. The number of halogens is 1. The fourth-order valence-electron chi connectivity index (χ4n) is 2.73. The fourth-order valence-corrected chi connectivity index (χ4v) is 2.90. The van der Waals surface area contributed by atoms with Crippen molar-refractivity contribution < 1.29 is 24.2 Å². The highest BCUT2D eigenvalue weighted by Crippen LogP contribution is 2.26. The molecule has 26 heavy (non-hydrogen) atoms. The van der Waals surface area contributed by atoms with Gasteiger partial charge in [-0.2, -0.15) is 0 Å². The second-order valence-electron chi connectivity index (χ2n) is 5.63. The molecule has 0 atom stereocenters. The molecule has 3 N–H and O–H groups in total. The number of carboxylic acids is 1. The number of carbonyl (C=O) groups is 2. The molecule has 2 rings (SSSR count). The number of aromatic amines is 1. The average Bonchev–Trinajstić information content (AvgIpc) is 2.93. The molecule has 1 aromatic heterocycles. The molecule has 8 heteroatoms. The lowest BCUT2D eigenvalue weighted by Gasteiger charge is -2.17. The summed E-state index contributed by atoms with van der Waals surface area (Å²) < 4.78 is 10.8. The van der Waals surface area contributed by atoms with E-state index in [-0.39, 0.29) is 24.3 Å². The number of fused-ring (bicyclic) bond motifs is 1. The summed E-state index contributed by atoms with van der Waals surface area (Å²) >= 11 is 6.00. The van der Waals surface area contributed by atoms with Crippen LogP contribution in [0.4, 0.5) is 0 Å². The molecule has 1 amide bonds. The van der Waals surface area contributed by atoms with E-state index in [4.69, 9.17) is 21.1 Å². The van der Waals surface area contributed by atoms with Gasteiger partial charge < -0.3 is 24.9 Å². The van der Waals surface area contributed by atoms with Crippen LogP contribution in [0.5, 0.6) is 0 Å². The van der Waals surface area contributed by atoms with Crippen molar-refractivity contribution in [3.8, 4) is 0 Å². The minimum absolute atomic E-state index is 0.000995. The molecular weight excluding hydrogens is 360 g/mol. The number of amides is 1. The molecule has 0 aliphatic rings. The number of rotatable bonds is 10. The molecule has 0 saturated carbocycles. The van der Waals surface area contributed by atoms with Crippen molar-refractivity contribution in [3.63, 3.8) is 0 Å². The van der Waals surface area contributed by atoms with Gasteiger partial charge in [-0.3, -0.25) is 4.79 Å². The molecule has 1 heterocycles. The van der Waals surface area contributed by atoms with Crippen LogP contribution in [0.2, 0.25) is 5.02 Å². The van der Waals surface area contributed by atoms with Gasteiger partial charge in [-0.1, -0.05) is 11.6 Å². The Morgan fingerprint density at radius 3 is 2.58 bits per heavy atom. The van der Waals surface area contributed by atoms with Crippen molar-refractivity contribution in [1.29, 1.82) is 0 Å². The normalized spacial score (nSPS) is 11.2. The lowest BCUT2D eigenvalue weighted by molar-refractivity contribution is -0.139. The summed E-state index contributed by atoms with van der Waals surface area (Å²) in [5.74, 6) is -1.40. The van der Waals surface area contributed by atoms with E-state index >= 15 is 0 Å². The highest BCUT2D eigenvalue weighted by atomic mass is 35.5. The van der Waals surface area contributed by atoms with Crippen molar-refractivity contribution in [3.05, 3.63) is 34.5 Å². The van der Waals surface area contributed by atoms with E-state index < -0.39 is 5.97 Å². The van der Waals surface area contributed by atoms with E-state index in [1.807, 2.05) is 13.8 Å². The molecule has 0 bridgehead atoms. The number of ether oxygens (including phenoxy) is 2. The van der Waals surface area contributed by atoms with Gasteiger partial charge in [0.2, 0.25) is 5.91 Å². The smallest absolute Gasteiger partial charge is 0.352 e. The SMILES string of the molecule is CCOC(CCNC(=O)Cc1c(C(=O)O)[nH]c2ccc(Cl)cc12)OCC. The molecular formula is C18H23ClN2O5. The van der Waals surface area contributed by atoms with Crippen LogP contribution < -0.4 is 5.32 Å². The zero-order valence-electron chi connectivity index (χ0n) is 14.8. The topological polar surface area (TPSA) is 101 Å². The van der Waals surface area contributed by atoms with E-state index in [2.05, 4.69) is 10.3 Å². The molecule has 0 saturated heterocycles. The van der Waals surface area contributed by atoms with Crippen molar-refractivity contribution in [2.45, 2.75) is 33.0 Å². The van der Waals surface area contributed by atoms with Gasteiger partial charge in [0, 0.05) is 47.7 Å². The van der Waals surface area contributed by atoms with Gasteiger partial charge >= 0.3 is 5.97 Å². The Hall–Kier alpha value is -2.09. The molecule has 0 aliphatic carbocycles. The van der Waals surface area contributed by atoms with Crippen molar-refractivity contribution >= 4 is 34.4 Å². The maximum absolute atomic E-state index is 12.3. The quantitative estimate of drug-likeness (QED) is 0.548. The maximum atomic E-state index is 12.3. The predicted molar refractivity (Wildman–Crippen MR) is 98.6 cm³/mol. The van der Waals surface area contributed by atoms with Crippen LogP contribution in [-0.2, 0) is 20.7 Å². The van der Waals surface area contributed by atoms with Crippen LogP contribution >= 0.6 is 11.6 Å². The van der Waals surface area contributed by atoms with Crippen LogP contribution in [0.3, 0.4) is 0 Å². The summed E-state index contributed by atoms with van der Waals surface area (Å²) in [5, 5.41) is 13.3. The van der Waals surface area contributed by atoms with Crippen LogP contribution in [0.15, 0.2) is 18.2 Å². The number of H-pyrrole nitrogens is 1. The van der Waals surface area contributed by atoms with E-state index in [0.29, 0.717) is 47.7 Å². The number of nitrogens with one attached hydrogen (secondary N) is 2. The molecule has 0 spiro atoms. The number of benzene rings is 1. The molecule has 2 aromatic rings. The van der Waals surface area contributed by atoms with Crippen LogP contribution in [0.1, 0.15) is 36.3 Å². The van der Waals surface area contributed by atoms with Crippen LogP contribution in [0, 0.1) is 0 Å². The second kappa shape index (κ2) is 9.56. The number of hydrogen-bond acceptors (Lipinski definition) is 4. The molecule has 0 radical (unpaired) electrons. The molecule has 142 valence electrons. The number of aromatic nitrogens is 1. The van der Waals surface area contributed by atoms with Crippen molar-refractivity contribution in [2.24, 2.45) is 0 Å². The van der Waals surface area contributed by atoms with Gasteiger partial charge in [-0.05, 0) is 32.0 Å². The first-order valence-corrected chi connectivity index (χ1v) is 8.87. The number of aromatic carboxylic acids is 1. The van der Waals surface area contributed by atoms with Gasteiger partial charge in [-0.25, -0.2) is 4.79 Å². The van der Waals surface area contributed by atoms with Crippen LogP contribution in [-0.4, -0.2) is 48.0 Å². The maximum Gasteiger partial charge on any atom is 0.352 e. The standard InChI is InChI=1S/C18H23ClN2O5/c1-3-25-16(26-4-2)7-8-20-15(22)10-13-12-9-11(19)5-6-14(12)21-17(13)18(23)24/h5-6,9,16,21H,3-4,7-8,10H2,1-2H3,(H,20,22)(H,23,24). The predicted octanol–water partition coefficient (Wildman–Crippen LogP) is 2.97. The third kappa shape index (κ3) is 5.20. The summed E-state index contributed by atoms with van der Waals surface area (Å²) in [4.78, 5) is 26.6. The van der Waals surface area contributed by atoms with Crippen molar-refractivity contribution in [1.82, 2.24) is 10.3 Å². The molecule has 1 aromatic carbocycles. The summed E-state index contributed by atoms with van der Waals surface area (Å²) in [7, 11) is 0. The van der Waals surface area contributed by atoms with Gasteiger partial charge in [0.25, 0.3) is 0 Å². The lowest BCUT2D eigenvalue weighted by atomic mass is 10.1. The minimum Gasteiger partial charge on any atom is -0.477 e. The third-order valence-electron chi connectivity index (χ3n) is 3.83. The number of hydrogen-bond donors (Lipinski definition) is 3. The Labute approximate surface area is 156 Å². The largest absolute Gasteiger partial charge is 0.477 e. The van der Waals surface area contributed by atoms with E-state index in [1.165, 1.54) is 0 Å². The van der Waals surface area contributed by atoms with E-state index in [0.717, 1.165) is 0 Å². The summed E-state index contributed by atoms with van der Waals surface area (Å²) in [6.07, 6.45) is 0.0845. The first-order chi connectivity index (χ1) is 12.5. The van der Waals surface area contributed by atoms with Gasteiger partial charge in [0.15, 0.2) is 6.29 Å². The lowest BCUT2D eigenvalue weighted by Crippen LogP contribution is -2.30. The van der Waals surface area contributed by atoms with Gasteiger partial charge in [0.1, 0.15) is 5.69 Å². The minimum atomic E-state index is -1.12. The molecule has 0 fully saturated rings. The van der Waals surface area contributed by atoms with Gasteiger partial charge in [0.05, 0.1) is 6.42 Å². The molecule has 0 unspecified atom stereocenters. The average molecular weight is 383 g/mol. The Morgan fingerprint density at radius 1 is 1.27 bits per heavy atom. The van der Waals surface area contributed by atoms with E-state index in [9.17, 15) is 14.7 Å². The van der Waals surface area contributed by atoms with Crippen LogP contribution in [0.25, 0.3) is 10.9 Å². The number of carboxylic acid groups (broad SMARTS) is 1. The summed E-state index contributed by atoms with van der Waals surface area (Å²) in [5.41, 5.74) is 1.04. The zero-order valence-corrected chi connectivity index (χ0v) is 15.6. The second-order valence-corrected chi connectivity index (χ2v) is 6.07. The first kappa shape index (κ1) is 20.2. The Kier molecular flexibility index (Phi) is 7.44. The molecule has 7 nitrogen and oxygen atoms in total. The van der Waals surface area contributed by atoms with Crippen molar-refractivity contribution in [2.75, 3.05) is 19.8 Å². The zero-order chi connectivity index (χ0) is 19.1. The highest BCUT2D eigenvalue weighted by molar-refractivity contribution is 6.31. The fraction of sp³-hybridized carbons (Fsp3) is 0.444. The summed E-state index contributed by atoms with van der Waals surface area (Å²) in [6, 6.07) is 5.01. The Balaban J connectivity index is 2.05. The summed E-state index contributed by atoms with van der Waals surface area (Å²) in [6.45, 7) is 5.17. The molecule has 0 aliphatic heterocycles. The monoisotopic (exact) mass is 382 g/mol. The Morgan fingerprint density at radius 2 is 1.96 bits per heavy atom. The Bertz CT molecular complexity index is 768. The third-order valence-corrected chi connectivity index (χ3v) is 4.06.